The lowest BCUT2D eigenvalue weighted by atomic mass is 9.46. The van der Waals surface area contributed by atoms with E-state index in [1.807, 2.05) is 0 Å². The maximum Gasteiger partial charge on any atom is 0.491 e. The summed E-state index contributed by atoms with van der Waals surface area (Å²) in [5.41, 5.74) is 7.51. The van der Waals surface area contributed by atoms with E-state index in [4.69, 9.17) is 10.5 Å². The van der Waals surface area contributed by atoms with Gasteiger partial charge in [-0.3, -0.25) is 4.79 Å². The number of carbonyl (C=O) groups is 2. The summed E-state index contributed by atoms with van der Waals surface area (Å²) in [4.78, 5) is 30.6. The predicted molar refractivity (Wildman–Crippen MR) is 166 cm³/mol. The summed E-state index contributed by atoms with van der Waals surface area (Å²) >= 11 is 0. The molecule has 0 bridgehead atoms. The molecule has 0 saturated heterocycles. The molecule has 46 heavy (non-hydrogen) atoms. The van der Waals surface area contributed by atoms with E-state index in [0.717, 1.165) is 31.1 Å². The number of ether oxygens (including phenoxy) is 2. The third kappa shape index (κ3) is 6.78. The second kappa shape index (κ2) is 13.2. The van der Waals surface area contributed by atoms with Crippen LogP contribution in [-0.4, -0.2) is 51.4 Å². The van der Waals surface area contributed by atoms with Crippen LogP contribution in [0.1, 0.15) is 105 Å². The van der Waals surface area contributed by atoms with Crippen LogP contribution in [0.2, 0.25) is 0 Å². The molecule has 4 aliphatic rings. The number of nitrogens with two attached hydrogens (primary N) is 1. The molecule has 3 fully saturated rings. The Hall–Kier alpha value is -2.40. The number of nitrogens with one attached hydrogen (secondary N) is 1. The highest BCUT2D eigenvalue weighted by Crippen LogP contribution is 2.67. The SMILES string of the molecule is CC(C)CCC[C@@H](C)[C@H]1CC[C@H]2[C@@H]3CC=C4C[C@H](O)CC(OC(=O)C(N)Cc5cnc(OC(=O)C(F)(F)F)[nH]5)[C@]4(C)[C@H]3CC[C@]12C. The number of hydrogen-bond acceptors (Lipinski definition) is 7. The molecule has 11 heteroatoms. The van der Waals surface area contributed by atoms with E-state index >= 15 is 0 Å². The van der Waals surface area contributed by atoms with E-state index < -0.39 is 47.8 Å². The van der Waals surface area contributed by atoms with Crippen molar-refractivity contribution in [3.05, 3.63) is 23.5 Å². The number of carbonyl (C=O) groups excluding carboxylic acids is 2. The lowest BCUT2D eigenvalue weighted by molar-refractivity contribution is -0.190. The standard InChI is InChI=1S/C35H52F3N3O5/c1-19(2)7-6-8-20(3)25-11-12-26-24-10-9-21-15-23(42)17-29(34(21,5)27(24)13-14-33(25,26)4)45-30(43)28(39)16-22-18-40-32(41-22)46-31(44)35(36,37)38/h9,18-20,23-29,42H,6-8,10-17,39H2,1-5H3,(H,40,41)/t20-,23+,24+,25-,26+,27+,28?,29?,33-,34+/m1/s1. The number of allylic oxidation sites excluding steroid dienone is 1. The summed E-state index contributed by atoms with van der Waals surface area (Å²) in [6.45, 7) is 11.8. The molecule has 8 nitrogen and oxygen atoms in total. The maximum absolute atomic E-state index is 13.4. The Morgan fingerprint density at radius 2 is 1.89 bits per heavy atom. The summed E-state index contributed by atoms with van der Waals surface area (Å²) in [6.07, 6.45) is 7.54. The van der Waals surface area contributed by atoms with Crippen molar-refractivity contribution in [1.29, 1.82) is 0 Å². The monoisotopic (exact) mass is 651 g/mol. The molecule has 4 aliphatic carbocycles. The number of aromatic amines is 1. The quantitative estimate of drug-likeness (QED) is 0.190. The molecule has 1 aromatic rings. The average Bonchev–Trinajstić information content (AvgIpc) is 3.56. The lowest BCUT2D eigenvalue weighted by Gasteiger charge is -2.60. The number of hydrogen-bond donors (Lipinski definition) is 3. The van der Waals surface area contributed by atoms with Gasteiger partial charge in [-0.05, 0) is 79.4 Å². The molecule has 0 amide bonds. The van der Waals surface area contributed by atoms with Gasteiger partial charge in [-0.25, -0.2) is 9.78 Å². The zero-order valence-electron chi connectivity index (χ0n) is 27.9. The van der Waals surface area contributed by atoms with Crippen LogP contribution in [0, 0.1) is 46.3 Å². The fraction of sp³-hybridized carbons (Fsp3) is 0.800. The zero-order valence-corrected chi connectivity index (χ0v) is 27.9. The number of imidazole rings is 1. The Morgan fingerprint density at radius 3 is 2.59 bits per heavy atom. The van der Waals surface area contributed by atoms with Gasteiger partial charge in [-0.1, -0.05) is 65.5 Å². The minimum Gasteiger partial charge on any atom is -0.460 e. The van der Waals surface area contributed by atoms with Gasteiger partial charge in [0.2, 0.25) is 0 Å². The van der Waals surface area contributed by atoms with Gasteiger partial charge in [0.1, 0.15) is 12.1 Å². The van der Waals surface area contributed by atoms with Crippen LogP contribution in [0.3, 0.4) is 0 Å². The molecule has 1 aromatic heterocycles. The molecular weight excluding hydrogens is 599 g/mol. The second-order valence-corrected chi connectivity index (χ2v) is 15.6. The Morgan fingerprint density at radius 1 is 1.15 bits per heavy atom. The molecular formula is C35H52F3N3O5. The number of nitrogens with zero attached hydrogens (tertiary/aromatic N) is 1. The molecule has 1 heterocycles. The number of rotatable bonds is 10. The van der Waals surface area contributed by atoms with E-state index in [0.29, 0.717) is 41.9 Å². The molecule has 0 aromatic carbocycles. The number of aromatic nitrogens is 2. The van der Waals surface area contributed by atoms with Gasteiger partial charge in [0.25, 0.3) is 0 Å². The molecule has 4 N–H and O–H groups in total. The smallest absolute Gasteiger partial charge is 0.460 e. The summed E-state index contributed by atoms with van der Waals surface area (Å²) in [6, 6.07) is -1.77. The van der Waals surface area contributed by atoms with Crippen molar-refractivity contribution >= 4 is 11.9 Å². The number of fused-ring (bicyclic) bond motifs is 5. The number of halogens is 3. The highest BCUT2D eigenvalue weighted by atomic mass is 19.4. The molecule has 0 spiro atoms. The van der Waals surface area contributed by atoms with Gasteiger partial charge in [-0.15, -0.1) is 0 Å². The summed E-state index contributed by atoms with van der Waals surface area (Å²) in [5, 5.41) is 10.8. The fourth-order valence-electron chi connectivity index (χ4n) is 10.1. The molecule has 10 atom stereocenters. The van der Waals surface area contributed by atoms with Crippen LogP contribution in [0.4, 0.5) is 13.2 Å². The number of aliphatic hydroxyl groups is 1. The van der Waals surface area contributed by atoms with Gasteiger partial charge in [0, 0.05) is 24.0 Å². The third-order valence-electron chi connectivity index (χ3n) is 12.4. The van der Waals surface area contributed by atoms with Gasteiger partial charge in [-0.2, -0.15) is 13.2 Å². The van der Waals surface area contributed by atoms with Crippen LogP contribution >= 0.6 is 0 Å². The first-order chi connectivity index (χ1) is 21.5. The molecule has 2 unspecified atom stereocenters. The number of alkyl halides is 3. The Labute approximate surface area is 270 Å². The minimum absolute atomic E-state index is 0.104. The number of H-pyrrole nitrogens is 1. The van der Waals surface area contributed by atoms with Crippen molar-refractivity contribution < 1.29 is 37.3 Å². The normalized spacial score (nSPS) is 35.4. The first-order valence-corrected chi connectivity index (χ1v) is 17.2. The van der Waals surface area contributed by atoms with E-state index in [1.54, 1.807) is 0 Å². The summed E-state index contributed by atoms with van der Waals surface area (Å²) in [5.74, 6) is 0.562. The van der Waals surface area contributed by atoms with Crippen LogP contribution in [0.15, 0.2) is 17.8 Å². The van der Waals surface area contributed by atoms with Crippen molar-refractivity contribution in [2.24, 2.45) is 52.1 Å². The van der Waals surface area contributed by atoms with E-state index in [2.05, 4.69) is 55.4 Å². The van der Waals surface area contributed by atoms with E-state index in [1.165, 1.54) is 43.9 Å². The number of esters is 2. The number of aliphatic hydroxyl groups excluding tert-OH is 1. The Kier molecular flexibility index (Phi) is 10.1. The first-order valence-electron chi connectivity index (χ1n) is 17.2. The van der Waals surface area contributed by atoms with Gasteiger partial charge >= 0.3 is 24.1 Å². The van der Waals surface area contributed by atoms with Crippen molar-refractivity contribution in [2.75, 3.05) is 0 Å². The van der Waals surface area contributed by atoms with Gasteiger partial charge in [0.15, 0.2) is 0 Å². The summed E-state index contributed by atoms with van der Waals surface area (Å²) in [7, 11) is 0. The van der Waals surface area contributed by atoms with Crippen molar-refractivity contribution in [3.63, 3.8) is 0 Å². The molecule has 0 aliphatic heterocycles. The Balaban J connectivity index is 1.27. The highest BCUT2D eigenvalue weighted by Gasteiger charge is 2.62. The lowest BCUT2D eigenvalue weighted by Crippen LogP contribution is -2.57. The third-order valence-corrected chi connectivity index (χ3v) is 12.4. The van der Waals surface area contributed by atoms with Crippen LogP contribution in [-0.2, 0) is 20.7 Å². The summed E-state index contributed by atoms with van der Waals surface area (Å²) < 4.78 is 48.0. The van der Waals surface area contributed by atoms with Crippen LogP contribution < -0.4 is 10.5 Å². The fourth-order valence-corrected chi connectivity index (χ4v) is 10.1. The largest absolute Gasteiger partial charge is 0.491 e. The minimum atomic E-state index is -5.17. The molecule has 3 saturated carbocycles. The highest BCUT2D eigenvalue weighted by molar-refractivity contribution is 5.77. The van der Waals surface area contributed by atoms with Gasteiger partial charge < -0.3 is 25.3 Å². The van der Waals surface area contributed by atoms with Gasteiger partial charge in [0.05, 0.1) is 12.3 Å². The van der Waals surface area contributed by atoms with Crippen molar-refractivity contribution in [2.45, 2.75) is 130 Å². The first kappa shape index (κ1) is 34.9. The van der Waals surface area contributed by atoms with Crippen LogP contribution in [0.5, 0.6) is 6.01 Å². The average molecular weight is 652 g/mol. The maximum atomic E-state index is 13.4. The molecule has 0 radical (unpaired) electrons. The van der Waals surface area contributed by atoms with E-state index in [-0.39, 0.29) is 12.1 Å². The molecule has 258 valence electrons. The molecule has 5 rings (SSSR count). The van der Waals surface area contributed by atoms with Crippen LogP contribution in [0.25, 0.3) is 0 Å². The topological polar surface area (TPSA) is 128 Å². The Bertz CT molecular complexity index is 1300. The van der Waals surface area contributed by atoms with Crippen molar-refractivity contribution in [3.8, 4) is 6.01 Å². The second-order valence-electron chi connectivity index (χ2n) is 15.6. The zero-order chi connectivity index (χ0) is 33.6. The van der Waals surface area contributed by atoms with E-state index in [9.17, 15) is 27.9 Å². The van der Waals surface area contributed by atoms with Crippen molar-refractivity contribution in [1.82, 2.24) is 9.97 Å². The predicted octanol–water partition coefficient (Wildman–Crippen LogP) is 6.67.